The lowest BCUT2D eigenvalue weighted by atomic mass is 10.0. The Labute approximate surface area is 182 Å². The lowest BCUT2D eigenvalue weighted by molar-refractivity contribution is 0.174. The molecule has 0 spiro atoms. The number of hydrogen-bond acceptors (Lipinski definition) is 7. The summed E-state index contributed by atoms with van der Waals surface area (Å²) in [6.07, 6.45) is 4.01. The Morgan fingerprint density at radius 2 is 1.77 bits per heavy atom. The number of ether oxygens (including phenoxy) is 2. The summed E-state index contributed by atoms with van der Waals surface area (Å²) in [6.45, 7) is 4.11. The fraction of sp³-hybridized carbons (Fsp3) is 0.333. The highest BCUT2D eigenvalue weighted by Gasteiger charge is 2.19. The Kier molecular flexibility index (Phi) is 5.84. The van der Waals surface area contributed by atoms with Crippen LogP contribution in [-0.2, 0) is 13.1 Å². The fourth-order valence-electron chi connectivity index (χ4n) is 4.04. The summed E-state index contributed by atoms with van der Waals surface area (Å²) < 4.78 is 10.8. The van der Waals surface area contributed by atoms with Gasteiger partial charge in [0.25, 0.3) is 0 Å². The molecule has 0 bridgehead atoms. The highest BCUT2D eigenvalue weighted by molar-refractivity contribution is 5.46. The van der Waals surface area contributed by atoms with Gasteiger partial charge in [0.1, 0.15) is 5.82 Å². The van der Waals surface area contributed by atoms with Gasteiger partial charge < -0.3 is 20.1 Å². The molecule has 2 aliphatic rings. The van der Waals surface area contributed by atoms with E-state index in [0.717, 1.165) is 55.4 Å². The Morgan fingerprint density at radius 3 is 2.65 bits per heavy atom. The first-order valence-corrected chi connectivity index (χ1v) is 10.8. The molecule has 1 saturated heterocycles. The van der Waals surface area contributed by atoms with E-state index in [0.29, 0.717) is 18.5 Å². The van der Waals surface area contributed by atoms with Gasteiger partial charge in [0, 0.05) is 38.4 Å². The van der Waals surface area contributed by atoms with Crippen LogP contribution in [0.25, 0.3) is 0 Å². The van der Waals surface area contributed by atoms with Gasteiger partial charge in [-0.2, -0.15) is 4.98 Å². The Morgan fingerprint density at radius 1 is 0.935 bits per heavy atom. The first kappa shape index (κ1) is 19.6. The van der Waals surface area contributed by atoms with Crippen LogP contribution in [0, 0.1) is 0 Å². The maximum absolute atomic E-state index is 5.44. The molecule has 2 aliphatic heterocycles. The Balaban J connectivity index is 1.11. The molecule has 2 N–H and O–H groups in total. The van der Waals surface area contributed by atoms with Crippen molar-refractivity contribution in [2.75, 3.05) is 30.5 Å². The molecule has 0 aliphatic carbocycles. The molecule has 0 unspecified atom stereocenters. The highest BCUT2D eigenvalue weighted by Crippen LogP contribution is 2.32. The molecule has 1 fully saturated rings. The molecule has 7 heteroatoms. The summed E-state index contributed by atoms with van der Waals surface area (Å²) in [5, 5.41) is 6.88. The molecule has 0 radical (unpaired) electrons. The van der Waals surface area contributed by atoms with Crippen molar-refractivity contribution in [2.24, 2.45) is 0 Å². The number of rotatable bonds is 7. The van der Waals surface area contributed by atoms with Crippen molar-refractivity contribution in [3.05, 3.63) is 71.9 Å². The standard InChI is InChI=1S/C24H27N5O2/c1-2-4-18(5-3-1)16-29-12-9-20(10-13-29)27-23-8-11-25-24(28-23)26-15-19-6-7-21-22(14-19)31-17-30-21/h1-8,11,14,20H,9-10,12-13,15-17H2,(H2,25,26,27,28). The minimum atomic E-state index is 0.286. The third-order valence-electron chi connectivity index (χ3n) is 5.73. The van der Waals surface area contributed by atoms with Crippen LogP contribution in [0.15, 0.2) is 60.8 Å². The minimum Gasteiger partial charge on any atom is -0.454 e. The largest absolute Gasteiger partial charge is 0.454 e. The van der Waals surface area contributed by atoms with Crippen LogP contribution in [0.2, 0.25) is 0 Å². The van der Waals surface area contributed by atoms with E-state index < -0.39 is 0 Å². The maximum atomic E-state index is 5.44. The van der Waals surface area contributed by atoms with Crippen molar-refractivity contribution in [3.63, 3.8) is 0 Å². The zero-order valence-electron chi connectivity index (χ0n) is 17.5. The molecule has 3 heterocycles. The lowest BCUT2D eigenvalue weighted by Crippen LogP contribution is -2.38. The average Bonchev–Trinajstić information content (AvgIpc) is 3.28. The predicted molar refractivity (Wildman–Crippen MR) is 120 cm³/mol. The molecular formula is C24H27N5O2. The zero-order chi connectivity index (χ0) is 20.9. The van der Waals surface area contributed by atoms with Gasteiger partial charge in [-0.1, -0.05) is 36.4 Å². The van der Waals surface area contributed by atoms with Crippen LogP contribution in [0.3, 0.4) is 0 Å². The molecule has 0 saturated carbocycles. The minimum absolute atomic E-state index is 0.286. The molecule has 3 aromatic rings. The first-order chi connectivity index (χ1) is 15.3. The summed E-state index contributed by atoms with van der Waals surface area (Å²) in [4.78, 5) is 11.5. The van der Waals surface area contributed by atoms with Crippen LogP contribution in [-0.4, -0.2) is 40.8 Å². The van der Waals surface area contributed by atoms with E-state index in [1.54, 1.807) is 6.20 Å². The van der Waals surface area contributed by atoms with Crippen molar-refractivity contribution < 1.29 is 9.47 Å². The van der Waals surface area contributed by atoms with E-state index in [1.807, 2.05) is 24.3 Å². The summed E-state index contributed by atoms with van der Waals surface area (Å²) in [5.41, 5.74) is 2.47. The van der Waals surface area contributed by atoms with Gasteiger partial charge in [0.05, 0.1) is 0 Å². The SMILES string of the molecule is c1ccc(CN2CCC(Nc3ccnc(NCc4ccc5c(c4)OCO5)n3)CC2)cc1. The highest BCUT2D eigenvalue weighted by atomic mass is 16.7. The normalized spacial score (nSPS) is 16.3. The van der Waals surface area contributed by atoms with E-state index in [4.69, 9.17) is 9.47 Å². The molecule has 0 atom stereocenters. The van der Waals surface area contributed by atoms with Crippen LogP contribution >= 0.6 is 0 Å². The van der Waals surface area contributed by atoms with Gasteiger partial charge in [-0.25, -0.2) is 4.98 Å². The summed E-state index contributed by atoms with van der Waals surface area (Å²) in [5.74, 6) is 3.06. The fourth-order valence-corrected chi connectivity index (χ4v) is 4.04. The van der Waals surface area contributed by atoms with Gasteiger partial charge in [-0.05, 0) is 42.2 Å². The Hall–Kier alpha value is -3.32. The molecule has 1 aromatic heterocycles. The number of hydrogen-bond donors (Lipinski definition) is 2. The van der Waals surface area contributed by atoms with Gasteiger partial charge in [-0.3, -0.25) is 4.90 Å². The third-order valence-corrected chi connectivity index (χ3v) is 5.73. The van der Waals surface area contributed by atoms with Crippen LogP contribution < -0.4 is 20.1 Å². The van der Waals surface area contributed by atoms with E-state index in [1.165, 1.54) is 5.56 Å². The number of piperidine rings is 1. The van der Waals surface area contributed by atoms with E-state index in [-0.39, 0.29) is 6.79 Å². The van der Waals surface area contributed by atoms with Crippen molar-refractivity contribution in [1.82, 2.24) is 14.9 Å². The number of fused-ring (bicyclic) bond motifs is 1. The summed E-state index contributed by atoms with van der Waals surface area (Å²) >= 11 is 0. The van der Waals surface area contributed by atoms with Crippen molar-refractivity contribution in [2.45, 2.75) is 32.0 Å². The van der Waals surface area contributed by atoms with Crippen LogP contribution in [0.5, 0.6) is 11.5 Å². The average molecular weight is 418 g/mol. The monoisotopic (exact) mass is 417 g/mol. The van der Waals surface area contributed by atoms with Gasteiger partial charge in [0.2, 0.25) is 12.7 Å². The molecular weight excluding hydrogens is 390 g/mol. The molecule has 5 rings (SSSR count). The zero-order valence-corrected chi connectivity index (χ0v) is 17.5. The number of likely N-dealkylation sites (tertiary alicyclic amines) is 1. The van der Waals surface area contributed by atoms with Crippen LogP contribution in [0.4, 0.5) is 11.8 Å². The van der Waals surface area contributed by atoms with Crippen molar-refractivity contribution in [1.29, 1.82) is 0 Å². The maximum Gasteiger partial charge on any atom is 0.231 e. The summed E-state index contributed by atoms with van der Waals surface area (Å²) in [7, 11) is 0. The first-order valence-electron chi connectivity index (χ1n) is 10.8. The molecule has 2 aromatic carbocycles. The Bertz CT molecular complexity index is 1010. The number of aromatic nitrogens is 2. The molecule has 160 valence electrons. The number of nitrogens with one attached hydrogen (secondary N) is 2. The van der Waals surface area contributed by atoms with E-state index in [9.17, 15) is 0 Å². The topological polar surface area (TPSA) is 71.5 Å². The molecule has 7 nitrogen and oxygen atoms in total. The van der Waals surface area contributed by atoms with Crippen molar-refractivity contribution >= 4 is 11.8 Å². The third kappa shape index (κ3) is 5.06. The van der Waals surface area contributed by atoms with E-state index >= 15 is 0 Å². The van der Waals surface area contributed by atoms with E-state index in [2.05, 4.69) is 55.8 Å². The number of nitrogens with zero attached hydrogens (tertiary/aromatic N) is 3. The lowest BCUT2D eigenvalue weighted by Gasteiger charge is -2.32. The van der Waals surface area contributed by atoms with Gasteiger partial charge >= 0.3 is 0 Å². The molecule has 0 amide bonds. The molecule has 31 heavy (non-hydrogen) atoms. The van der Waals surface area contributed by atoms with Crippen LogP contribution in [0.1, 0.15) is 24.0 Å². The smallest absolute Gasteiger partial charge is 0.231 e. The number of benzene rings is 2. The second-order valence-electron chi connectivity index (χ2n) is 7.99. The van der Waals surface area contributed by atoms with Gasteiger partial charge in [-0.15, -0.1) is 0 Å². The second-order valence-corrected chi connectivity index (χ2v) is 7.99. The predicted octanol–water partition coefficient (Wildman–Crippen LogP) is 3.89. The van der Waals surface area contributed by atoms with Crippen molar-refractivity contribution in [3.8, 4) is 11.5 Å². The quantitative estimate of drug-likeness (QED) is 0.604. The van der Waals surface area contributed by atoms with Gasteiger partial charge in [0.15, 0.2) is 11.5 Å². The summed E-state index contributed by atoms with van der Waals surface area (Å²) in [6, 6.07) is 19.0. The number of anilines is 2. The second kappa shape index (κ2) is 9.22.